The SMILES string of the molecule is CC/C=C1/C(C(=O)NNC2=NCCN2)=C2Sc3ccccc3N2c2nnc(N3CCOCC3)cc21. The first kappa shape index (κ1) is 21.9. The van der Waals surface area contributed by atoms with E-state index in [0.717, 1.165) is 64.4 Å². The molecule has 0 unspecified atom stereocenters. The van der Waals surface area contributed by atoms with Crippen LogP contribution >= 0.6 is 11.8 Å². The molecule has 6 rings (SSSR count). The van der Waals surface area contributed by atoms with Crippen molar-refractivity contribution >= 4 is 46.5 Å². The van der Waals surface area contributed by atoms with Crippen molar-refractivity contribution in [2.75, 3.05) is 49.2 Å². The Bertz CT molecular complexity index is 1270. The molecule has 0 atom stereocenters. The highest BCUT2D eigenvalue weighted by Gasteiger charge is 2.40. The van der Waals surface area contributed by atoms with Crippen molar-refractivity contribution < 1.29 is 9.53 Å². The van der Waals surface area contributed by atoms with Crippen molar-refractivity contribution in [3.63, 3.8) is 0 Å². The molecule has 3 N–H and O–H groups in total. The number of hydrogen-bond acceptors (Lipinski definition) is 10. The molecule has 4 aliphatic heterocycles. The topological polar surface area (TPSA) is 107 Å². The van der Waals surface area contributed by atoms with Gasteiger partial charge in [0, 0.05) is 30.1 Å². The van der Waals surface area contributed by atoms with Gasteiger partial charge >= 0.3 is 0 Å². The smallest absolute Gasteiger partial charge is 0.273 e. The van der Waals surface area contributed by atoms with Gasteiger partial charge < -0.3 is 15.0 Å². The third kappa shape index (κ3) is 3.90. The lowest BCUT2D eigenvalue weighted by Crippen LogP contribution is -2.47. The quantitative estimate of drug-likeness (QED) is 0.558. The summed E-state index contributed by atoms with van der Waals surface area (Å²) in [6.45, 7) is 6.35. The Morgan fingerprint density at radius 2 is 2.11 bits per heavy atom. The number of aromatic nitrogens is 2. The van der Waals surface area contributed by atoms with Crippen molar-refractivity contribution in [1.29, 1.82) is 0 Å². The minimum Gasteiger partial charge on any atom is -0.378 e. The molecule has 1 saturated heterocycles. The Labute approximate surface area is 207 Å². The lowest BCUT2D eigenvalue weighted by molar-refractivity contribution is -0.117. The Hall–Kier alpha value is -3.57. The summed E-state index contributed by atoms with van der Waals surface area (Å²) in [5.41, 5.74) is 9.13. The Morgan fingerprint density at radius 3 is 2.91 bits per heavy atom. The molecule has 35 heavy (non-hydrogen) atoms. The molecule has 1 fully saturated rings. The summed E-state index contributed by atoms with van der Waals surface area (Å²) in [4.78, 5) is 23.3. The number of hydrazine groups is 1. The fraction of sp³-hybridized carbons (Fsp3) is 0.333. The molecule has 4 aliphatic rings. The van der Waals surface area contributed by atoms with Gasteiger partial charge in [0.25, 0.3) is 5.91 Å². The number of guanidine groups is 1. The maximum atomic E-state index is 13.7. The summed E-state index contributed by atoms with van der Waals surface area (Å²) in [7, 11) is 0. The van der Waals surface area contributed by atoms with Gasteiger partial charge in [-0.2, -0.15) is 0 Å². The Balaban J connectivity index is 1.46. The van der Waals surface area contributed by atoms with Crippen LogP contribution in [0.1, 0.15) is 18.9 Å². The third-order valence-electron chi connectivity index (χ3n) is 6.20. The normalized spacial score (nSPS) is 19.7. The highest BCUT2D eigenvalue weighted by molar-refractivity contribution is 8.03. The highest BCUT2D eigenvalue weighted by atomic mass is 32.2. The van der Waals surface area contributed by atoms with Crippen molar-refractivity contribution in [3.8, 4) is 0 Å². The number of carbonyl (C=O) groups excluding carboxylic acids is 1. The van der Waals surface area contributed by atoms with E-state index < -0.39 is 0 Å². The summed E-state index contributed by atoms with van der Waals surface area (Å²) in [5, 5.41) is 13.2. The summed E-state index contributed by atoms with van der Waals surface area (Å²) < 4.78 is 5.51. The number of carbonyl (C=O) groups is 1. The molecule has 0 bridgehead atoms. The zero-order valence-electron chi connectivity index (χ0n) is 19.4. The molecule has 11 heteroatoms. The van der Waals surface area contributed by atoms with Gasteiger partial charge in [0.05, 0.1) is 36.0 Å². The number of anilines is 3. The molecular formula is C24H26N8O2S. The van der Waals surface area contributed by atoms with Gasteiger partial charge in [0.1, 0.15) is 0 Å². The molecule has 1 aromatic carbocycles. The number of para-hydroxylation sites is 1. The van der Waals surface area contributed by atoms with Gasteiger partial charge in [-0.05, 0) is 30.2 Å². The number of nitrogens with zero attached hydrogens (tertiary/aromatic N) is 5. The Kier molecular flexibility index (Phi) is 5.78. The summed E-state index contributed by atoms with van der Waals surface area (Å²) in [6.07, 6.45) is 2.87. The van der Waals surface area contributed by atoms with E-state index in [2.05, 4.69) is 67.3 Å². The molecule has 1 aromatic heterocycles. The average Bonchev–Trinajstić information content (AvgIpc) is 3.56. The zero-order valence-corrected chi connectivity index (χ0v) is 20.2. The van der Waals surface area contributed by atoms with Crippen LogP contribution in [0.25, 0.3) is 5.57 Å². The number of ether oxygens (including phenoxy) is 1. The Morgan fingerprint density at radius 1 is 1.26 bits per heavy atom. The minimum atomic E-state index is -0.225. The van der Waals surface area contributed by atoms with E-state index in [9.17, 15) is 4.79 Å². The van der Waals surface area contributed by atoms with E-state index in [1.54, 1.807) is 11.8 Å². The van der Waals surface area contributed by atoms with E-state index >= 15 is 0 Å². The van der Waals surface area contributed by atoms with Gasteiger partial charge in [-0.15, -0.1) is 10.2 Å². The van der Waals surface area contributed by atoms with Crippen molar-refractivity contribution in [3.05, 3.63) is 52.6 Å². The van der Waals surface area contributed by atoms with E-state index in [1.807, 2.05) is 12.1 Å². The maximum Gasteiger partial charge on any atom is 0.273 e. The van der Waals surface area contributed by atoms with Crippen molar-refractivity contribution in [2.45, 2.75) is 18.2 Å². The largest absolute Gasteiger partial charge is 0.378 e. The van der Waals surface area contributed by atoms with Gasteiger partial charge in [-0.1, -0.05) is 36.9 Å². The van der Waals surface area contributed by atoms with Crippen LogP contribution in [0.15, 0.2) is 56.9 Å². The molecule has 0 spiro atoms. The first-order valence-electron chi connectivity index (χ1n) is 11.8. The molecule has 5 heterocycles. The number of rotatable bonds is 3. The van der Waals surface area contributed by atoms with Crippen molar-refractivity contribution in [2.24, 2.45) is 4.99 Å². The molecule has 0 radical (unpaired) electrons. The first-order valence-corrected chi connectivity index (χ1v) is 12.6. The van der Waals surface area contributed by atoms with Crippen LogP contribution in [0.4, 0.5) is 17.3 Å². The number of aliphatic imine (C=N–C) groups is 1. The number of thioether (sulfide) groups is 1. The molecule has 10 nitrogen and oxygen atoms in total. The minimum absolute atomic E-state index is 0.225. The number of allylic oxidation sites excluding steroid dienone is 1. The number of hydrogen-bond donors (Lipinski definition) is 3. The van der Waals surface area contributed by atoms with Crippen LogP contribution in [0.3, 0.4) is 0 Å². The van der Waals surface area contributed by atoms with E-state index in [4.69, 9.17) is 9.84 Å². The molecule has 180 valence electrons. The van der Waals surface area contributed by atoms with Gasteiger partial charge in [0.15, 0.2) is 11.6 Å². The summed E-state index contributed by atoms with van der Waals surface area (Å²) in [5.74, 6) is 1.87. The van der Waals surface area contributed by atoms with Crippen molar-refractivity contribution in [1.82, 2.24) is 26.4 Å². The van der Waals surface area contributed by atoms with Gasteiger partial charge in [0.2, 0.25) is 5.96 Å². The van der Waals surface area contributed by atoms with E-state index in [-0.39, 0.29) is 5.91 Å². The fourth-order valence-corrected chi connectivity index (χ4v) is 5.79. The van der Waals surface area contributed by atoms with Crippen LogP contribution in [-0.4, -0.2) is 61.5 Å². The average molecular weight is 491 g/mol. The zero-order chi connectivity index (χ0) is 23.8. The van der Waals surface area contributed by atoms with Crippen LogP contribution in [0, 0.1) is 0 Å². The summed E-state index contributed by atoms with van der Waals surface area (Å²) in [6, 6.07) is 10.2. The number of benzene rings is 1. The molecule has 1 amide bonds. The highest BCUT2D eigenvalue weighted by Crippen LogP contribution is 2.56. The fourth-order valence-electron chi connectivity index (χ4n) is 4.59. The maximum absolute atomic E-state index is 13.7. The van der Waals surface area contributed by atoms with Gasteiger partial charge in [-0.3, -0.25) is 25.5 Å². The standard InChI is InChI=1S/C24H26N8O2S/c1-2-5-15-16-14-19(31-10-12-34-13-11-31)27-28-21(16)32-17-6-3-4-7-18(17)35-23(32)20(15)22(33)29-30-24-25-8-9-26-24/h3-7,14H,2,8-13H2,1H3,(H,29,33)(H2,25,26,30)/b15-5+. The summed E-state index contributed by atoms with van der Waals surface area (Å²) >= 11 is 1.58. The second kappa shape index (κ2) is 9.23. The second-order valence-corrected chi connectivity index (χ2v) is 9.42. The first-order chi connectivity index (χ1) is 17.2. The predicted octanol–water partition coefficient (Wildman–Crippen LogP) is 2.16. The van der Waals surface area contributed by atoms with Gasteiger partial charge in [-0.25, -0.2) is 0 Å². The van der Waals surface area contributed by atoms with E-state index in [0.29, 0.717) is 31.3 Å². The molecular weight excluding hydrogens is 464 g/mol. The van der Waals surface area contributed by atoms with Crippen LogP contribution in [-0.2, 0) is 9.53 Å². The second-order valence-electron chi connectivity index (χ2n) is 8.39. The predicted molar refractivity (Wildman–Crippen MR) is 136 cm³/mol. The number of morpholine rings is 1. The molecule has 0 aliphatic carbocycles. The third-order valence-corrected chi connectivity index (χ3v) is 7.35. The van der Waals surface area contributed by atoms with Crippen LogP contribution < -0.4 is 26.0 Å². The van der Waals surface area contributed by atoms with Crippen LogP contribution in [0.5, 0.6) is 0 Å². The molecule has 0 saturated carbocycles. The monoisotopic (exact) mass is 490 g/mol. The lowest BCUT2D eigenvalue weighted by atomic mass is 9.93. The molecule has 2 aromatic rings. The number of fused-ring (bicyclic) bond motifs is 5. The number of amides is 1. The van der Waals surface area contributed by atoms with E-state index in [1.165, 1.54) is 0 Å². The lowest BCUT2D eigenvalue weighted by Gasteiger charge is -2.32. The van der Waals surface area contributed by atoms with Crippen LogP contribution in [0.2, 0.25) is 0 Å². The number of nitrogens with one attached hydrogen (secondary N) is 3.